The summed E-state index contributed by atoms with van der Waals surface area (Å²) in [6.45, 7) is 4.71. The molecule has 2 aliphatic heterocycles. The van der Waals surface area contributed by atoms with Gasteiger partial charge < -0.3 is 15.0 Å². The number of rotatable bonds is 3. The topological polar surface area (TPSA) is 41.6 Å². The Kier molecular flexibility index (Phi) is 3.26. The van der Waals surface area contributed by atoms with Crippen molar-refractivity contribution in [1.29, 1.82) is 0 Å². The Morgan fingerprint density at radius 1 is 1.40 bits per heavy atom. The fourth-order valence-corrected chi connectivity index (χ4v) is 2.56. The minimum Gasteiger partial charge on any atom is -0.384 e. The fraction of sp³-hybridized carbons (Fsp3) is 0.909. The number of nitrogens with one attached hydrogen (secondary N) is 1. The van der Waals surface area contributed by atoms with Crippen molar-refractivity contribution >= 4 is 5.91 Å². The summed E-state index contributed by atoms with van der Waals surface area (Å²) < 4.78 is 4.91. The van der Waals surface area contributed by atoms with E-state index in [9.17, 15) is 4.79 Å². The summed E-state index contributed by atoms with van der Waals surface area (Å²) in [6.07, 6.45) is 2.98. The number of carbonyl (C=O) groups is 1. The second kappa shape index (κ2) is 4.49. The smallest absolute Gasteiger partial charge is 0.224 e. The third kappa shape index (κ3) is 2.32. The SMILES string of the molecule is COCCC(=O)N1CC2(CCNCC2)C1. The zero-order valence-electron chi connectivity index (χ0n) is 9.42. The highest BCUT2D eigenvalue weighted by molar-refractivity contribution is 5.77. The maximum absolute atomic E-state index is 11.6. The van der Waals surface area contributed by atoms with Crippen LogP contribution in [-0.2, 0) is 9.53 Å². The molecule has 0 unspecified atom stereocenters. The molecule has 2 heterocycles. The predicted octanol–water partition coefficient (Wildman–Crippen LogP) is 0.235. The third-order valence-corrected chi connectivity index (χ3v) is 3.59. The molecule has 0 radical (unpaired) electrons. The first-order valence-corrected chi connectivity index (χ1v) is 5.73. The lowest BCUT2D eigenvalue weighted by atomic mass is 9.72. The monoisotopic (exact) mass is 212 g/mol. The highest BCUT2D eigenvalue weighted by atomic mass is 16.5. The van der Waals surface area contributed by atoms with Crippen LogP contribution < -0.4 is 5.32 Å². The average Bonchev–Trinajstić information content (AvgIpc) is 2.23. The molecule has 1 spiro atoms. The molecule has 0 aromatic heterocycles. The molecule has 2 rings (SSSR count). The third-order valence-electron chi connectivity index (χ3n) is 3.59. The highest BCUT2D eigenvalue weighted by Crippen LogP contribution is 2.38. The first-order valence-electron chi connectivity index (χ1n) is 5.73. The number of hydrogen-bond acceptors (Lipinski definition) is 3. The fourth-order valence-electron chi connectivity index (χ4n) is 2.56. The van der Waals surface area contributed by atoms with E-state index in [0.29, 0.717) is 18.4 Å². The van der Waals surface area contributed by atoms with Gasteiger partial charge >= 0.3 is 0 Å². The van der Waals surface area contributed by atoms with Gasteiger partial charge in [-0.3, -0.25) is 4.79 Å². The summed E-state index contributed by atoms with van der Waals surface area (Å²) in [6, 6.07) is 0. The molecule has 2 aliphatic rings. The minimum absolute atomic E-state index is 0.251. The number of piperidine rings is 1. The van der Waals surface area contributed by atoms with Crippen LogP contribution in [0.3, 0.4) is 0 Å². The molecular formula is C11H20N2O2. The first-order chi connectivity index (χ1) is 7.26. The molecule has 2 saturated heterocycles. The summed E-state index contributed by atoms with van der Waals surface area (Å²) in [5, 5.41) is 3.36. The normalized spacial score (nSPS) is 23.9. The van der Waals surface area contributed by atoms with Crippen LogP contribution in [0.5, 0.6) is 0 Å². The molecule has 0 atom stereocenters. The molecule has 0 aromatic rings. The van der Waals surface area contributed by atoms with Crippen molar-refractivity contribution in [3.63, 3.8) is 0 Å². The Hall–Kier alpha value is -0.610. The van der Waals surface area contributed by atoms with Gasteiger partial charge in [-0.1, -0.05) is 0 Å². The van der Waals surface area contributed by atoms with Crippen LogP contribution in [0, 0.1) is 5.41 Å². The summed E-state index contributed by atoms with van der Waals surface area (Å²) >= 11 is 0. The number of carbonyl (C=O) groups excluding carboxylic acids is 1. The van der Waals surface area contributed by atoms with Crippen molar-refractivity contribution < 1.29 is 9.53 Å². The first kappa shape index (κ1) is 10.9. The lowest BCUT2D eigenvalue weighted by Gasteiger charge is -2.52. The molecule has 0 aliphatic carbocycles. The molecular weight excluding hydrogens is 192 g/mol. The number of methoxy groups -OCH3 is 1. The van der Waals surface area contributed by atoms with Crippen molar-refractivity contribution in [3.8, 4) is 0 Å². The maximum Gasteiger partial charge on any atom is 0.224 e. The zero-order valence-corrected chi connectivity index (χ0v) is 9.42. The van der Waals surface area contributed by atoms with Gasteiger partial charge in [-0.05, 0) is 25.9 Å². The summed E-state index contributed by atoms with van der Waals surface area (Å²) in [5.41, 5.74) is 0.452. The van der Waals surface area contributed by atoms with Crippen molar-refractivity contribution in [1.82, 2.24) is 10.2 Å². The van der Waals surface area contributed by atoms with Crippen LogP contribution in [0.25, 0.3) is 0 Å². The average molecular weight is 212 g/mol. The van der Waals surface area contributed by atoms with Crippen molar-refractivity contribution in [2.75, 3.05) is 39.9 Å². The van der Waals surface area contributed by atoms with Gasteiger partial charge in [0.05, 0.1) is 13.0 Å². The molecule has 2 fully saturated rings. The van der Waals surface area contributed by atoms with Gasteiger partial charge in [-0.2, -0.15) is 0 Å². The largest absolute Gasteiger partial charge is 0.384 e. The molecule has 0 saturated carbocycles. The summed E-state index contributed by atoms with van der Waals surface area (Å²) in [7, 11) is 1.64. The van der Waals surface area contributed by atoms with Crippen molar-refractivity contribution in [2.24, 2.45) is 5.41 Å². The molecule has 1 amide bonds. The molecule has 4 nitrogen and oxygen atoms in total. The van der Waals surface area contributed by atoms with E-state index < -0.39 is 0 Å². The van der Waals surface area contributed by atoms with E-state index in [1.807, 2.05) is 4.90 Å². The minimum atomic E-state index is 0.251. The number of hydrogen-bond donors (Lipinski definition) is 1. The van der Waals surface area contributed by atoms with Crippen LogP contribution in [0.15, 0.2) is 0 Å². The molecule has 0 bridgehead atoms. The van der Waals surface area contributed by atoms with Gasteiger partial charge in [-0.25, -0.2) is 0 Å². The Morgan fingerprint density at radius 3 is 2.67 bits per heavy atom. The maximum atomic E-state index is 11.6. The van der Waals surface area contributed by atoms with Gasteiger partial charge in [0.1, 0.15) is 0 Å². The molecule has 0 aromatic carbocycles. The second-order valence-electron chi connectivity index (χ2n) is 4.74. The molecule has 1 N–H and O–H groups in total. The van der Waals surface area contributed by atoms with Gasteiger partial charge in [0.25, 0.3) is 0 Å². The van der Waals surface area contributed by atoms with E-state index in [0.717, 1.165) is 26.2 Å². The molecule has 86 valence electrons. The van der Waals surface area contributed by atoms with E-state index >= 15 is 0 Å². The van der Waals surface area contributed by atoms with Gasteiger partial charge in [0, 0.05) is 25.6 Å². The number of nitrogens with zero attached hydrogens (tertiary/aromatic N) is 1. The molecule has 4 heteroatoms. The lowest BCUT2D eigenvalue weighted by Crippen LogP contribution is -2.61. The quantitative estimate of drug-likeness (QED) is 0.728. The number of likely N-dealkylation sites (tertiary alicyclic amines) is 1. The van der Waals surface area contributed by atoms with E-state index in [2.05, 4.69) is 5.32 Å². The van der Waals surface area contributed by atoms with Crippen LogP contribution in [0.2, 0.25) is 0 Å². The Bertz CT molecular complexity index is 229. The Labute approximate surface area is 91.0 Å². The van der Waals surface area contributed by atoms with Gasteiger partial charge in [0.2, 0.25) is 5.91 Å². The second-order valence-corrected chi connectivity index (χ2v) is 4.74. The highest BCUT2D eigenvalue weighted by Gasteiger charge is 2.44. The van der Waals surface area contributed by atoms with Crippen LogP contribution in [0.4, 0.5) is 0 Å². The Morgan fingerprint density at radius 2 is 2.07 bits per heavy atom. The van der Waals surface area contributed by atoms with E-state index in [4.69, 9.17) is 4.74 Å². The van der Waals surface area contributed by atoms with Crippen LogP contribution in [-0.4, -0.2) is 50.7 Å². The van der Waals surface area contributed by atoms with Crippen LogP contribution >= 0.6 is 0 Å². The van der Waals surface area contributed by atoms with E-state index in [-0.39, 0.29) is 5.91 Å². The van der Waals surface area contributed by atoms with Gasteiger partial charge in [-0.15, -0.1) is 0 Å². The van der Waals surface area contributed by atoms with E-state index in [1.165, 1.54) is 12.8 Å². The lowest BCUT2D eigenvalue weighted by molar-refractivity contribution is -0.146. The van der Waals surface area contributed by atoms with Crippen LogP contribution in [0.1, 0.15) is 19.3 Å². The Balaban J connectivity index is 1.74. The predicted molar refractivity (Wildman–Crippen MR) is 57.6 cm³/mol. The standard InChI is InChI=1S/C11H20N2O2/c1-15-7-2-10(14)13-8-11(9-13)3-5-12-6-4-11/h12H,2-9H2,1H3. The van der Waals surface area contributed by atoms with E-state index in [1.54, 1.807) is 7.11 Å². The number of amides is 1. The number of ether oxygens (including phenoxy) is 1. The van der Waals surface area contributed by atoms with Crippen molar-refractivity contribution in [2.45, 2.75) is 19.3 Å². The summed E-state index contributed by atoms with van der Waals surface area (Å²) in [5.74, 6) is 0.251. The zero-order chi connectivity index (χ0) is 10.7. The summed E-state index contributed by atoms with van der Waals surface area (Å²) in [4.78, 5) is 13.6. The van der Waals surface area contributed by atoms with Gasteiger partial charge in [0.15, 0.2) is 0 Å². The van der Waals surface area contributed by atoms with Crippen molar-refractivity contribution in [3.05, 3.63) is 0 Å². The molecule has 15 heavy (non-hydrogen) atoms.